The number of nitrogens with one attached hydrogen (secondary N) is 3. The van der Waals surface area contributed by atoms with E-state index >= 15 is 0 Å². The number of rotatable bonds is 12. The number of guanidine groups is 1. The van der Waals surface area contributed by atoms with Gasteiger partial charge >= 0.3 is 0 Å². The zero-order valence-corrected chi connectivity index (χ0v) is 19.3. The molecule has 1 aliphatic carbocycles. The van der Waals surface area contributed by atoms with Gasteiger partial charge < -0.3 is 20.1 Å². The number of hydrogen-bond acceptors (Lipinski definition) is 5. The van der Waals surface area contributed by atoms with Crippen molar-refractivity contribution in [1.29, 1.82) is 0 Å². The van der Waals surface area contributed by atoms with Gasteiger partial charge in [0, 0.05) is 20.1 Å². The van der Waals surface area contributed by atoms with Crippen molar-refractivity contribution in [2.75, 3.05) is 39.1 Å². The number of ether oxygens (including phenoxy) is 2. The van der Waals surface area contributed by atoms with Crippen LogP contribution in [-0.2, 0) is 10.0 Å². The standard InChI is InChI=1S/C21H36N4O4S/c1-5-28-19-11-10-18(14-20(19)29-6-2)16(3)25-21(22-4)23-12-13-30(26,27)24-15-17-8-7-9-17/h10-11,14,16-17,24H,5-9,12-13,15H2,1-4H3,(H2,22,23,25). The predicted molar refractivity (Wildman–Crippen MR) is 121 cm³/mol. The fourth-order valence-corrected chi connectivity index (χ4v) is 4.14. The first-order valence-corrected chi connectivity index (χ1v) is 12.4. The molecule has 30 heavy (non-hydrogen) atoms. The Hall–Kier alpha value is -2.00. The second-order valence-corrected chi connectivity index (χ2v) is 9.33. The van der Waals surface area contributed by atoms with E-state index in [9.17, 15) is 8.42 Å². The van der Waals surface area contributed by atoms with Gasteiger partial charge in [0.2, 0.25) is 10.0 Å². The van der Waals surface area contributed by atoms with E-state index in [1.807, 2.05) is 39.0 Å². The van der Waals surface area contributed by atoms with Crippen LogP contribution in [0.5, 0.6) is 11.5 Å². The molecule has 1 aliphatic rings. The van der Waals surface area contributed by atoms with Crippen LogP contribution in [0.4, 0.5) is 0 Å². The summed E-state index contributed by atoms with van der Waals surface area (Å²) in [5, 5.41) is 6.36. The summed E-state index contributed by atoms with van der Waals surface area (Å²) >= 11 is 0. The molecule has 170 valence electrons. The number of hydrogen-bond donors (Lipinski definition) is 3. The zero-order chi connectivity index (χ0) is 22.0. The Morgan fingerprint density at radius 1 is 1.20 bits per heavy atom. The van der Waals surface area contributed by atoms with Gasteiger partial charge in [-0.1, -0.05) is 12.5 Å². The molecule has 0 amide bonds. The van der Waals surface area contributed by atoms with E-state index in [0.717, 1.165) is 24.2 Å². The van der Waals surface area contributed by atoms with Crippen LogP contribution in [-0.4, -0.2) is 53.5 Å². The van der Waals surface area contributed by atoms with E-state index in [2.05, 4.69) is 20.3 Å². The topological polar surface area (TPSA) is 101 Å². The molecule has 1 aromatic rings. The smallest absolute Gasteiger partial charge is 0.213 e. The van der Waals surface area contributed by atoms with Crippen LogP contribution >= 0.6 is 0 Å². The molecule has 1 unspecified atom stereocenters. The van der Waals surface area contributed by atoms with E-state index in [-0.39, 0.29) is 18.3 Å². The molecule has 2 rings (SSSR count). The first kappa shape index (κ1) is 24.3. The maximum absolute atomic E-state index is 12.1. The van der Waals surface area contributed by atoms with Gasteiger partial charge in [0.1, 0.15) is 0 Å². The molecule has 9 heteroatoms. The highest BCUT2D eigenvalue weighted by Gasteiger charge is 2.20. The Morgan fingerprint density at radius 3 is 2.50 bits per heavy atom. The van der Waals surface area contributed by atoms with Crippen molar-refractivity contribution in [2.45, 2.75) is 46.1 Å². The monoisotopic (exact) mass is 440 g/mol. The van der Waals surface area contributed by atoms with Crippen molar-refractivity contribution < 1.29 is 17.9 Å². The van der Waals surface area contributed by atoms with Gasteiger partial charge in [-0.05, 0) is 57.2 Å². The number of aliphatic imine (C=N–C) groups is 1. The molecule has 0 spiro atoms. The quantitative estimate of drug-likeness (QED) is 0.341. The normalized spacial score (nSPS) is 15.9. The highest BCUT2D eigenvalue weighted by Crippen LogP contribution is 2.30. The molecule has 0 aliphatic heterocycles. The molecule has 0 aromatic heterocycles. The van der Waals surface area contributed by atoms with Crippen LogP contribution in [0.3, 0.4) is 0 Å². The molecule has 0 saturated heterocycles. The molecular weight excluding hydrogens is 404 g/mol. The number of sulfonamides is 1. The highest BCUT2D eigenvalue weighted by atomic mass is 32.2. The van der Waals surface area contributed by atoms with E-state index < -0.39 is 10.0 Å². The van der Waals surface area contributed by atoms with Gasteiger partial charge in [-0.15, -0.1) is 0 Å². The fourth-order valence-electron chi connectivity index (χ4n) is 3.14. The van der Waals surface area contributed by atoms with E-state index in [0.29, 0.717) is 37.4 Å². The molecular formula is C21H36N4O4S. The minimum atomic E-state index is -3.29. The Balaban J connectivity index is 1.86. The molecule has 1 saturated carbocycles. The van der Waals surface area contributed by atoms with E-state index in [1.165, 1.54) is 6.42 Å². The van der Waals surface area contributed by atoms with Crippen molar-refractivity contribution in [3.63, 3.8) is 0 Å². The molecule has 3 N–H and O–H groups in total. The Labute approximate surface area is 180 Å². The molecule has 8 nitrogen and oxygen atoms in total. The third-order valence-corrected chi connectivity index (χ3v) is 6.47. The zero-order valence-electron chi connectivity index (χ0n) is 18.5. The maximum Gasteiger partial charge on any atom is 0.213 e. The largest absolute Gasteiger partial charge is 0.490 e. The summed E-state index contributed by atoms with van der Waals surface area (Å²) in [6, 6.07) is 5.78. The molecule has 1 atom stereocenters. The van der Waals surface area contributed by atoms with Crippen LogP contribution in [0, 0.1) is 5.92 Å². The third kappa shape index (κ3) is 7.68. The summed E-state index contributed by atoms with van der Waals surface area (Å²) < 4.78 is 38.3. The minimum absolute atomic E-state index is 0.00629. The summed E-state index contributed by atoms with van der Waals surface area (Å²) in [6.45, 7) is 7.83. The summed E-state index contributed by atoms with van der Waals surface area (Å²) in [4.78, 5) is 4.20. The van der Waals surface area contributed by atoms with Crippen molar-refractivity contribution in [1.82, 2.24) is 15.4 Å². The lowest BCUT2D eigenvalue weighted by Crippen LogP contribution is -2.42. The Bertz CT molecular complexity index is 794. The lowest BCUT2D eigenvalue weighted by molar-refractivity contribution is 0.287. The Kier molecular flexibility index (Phi) is 9.71. The summed E-state index contributed by atoms with van der Waals surface area (Å²) in [7, 11) is -1.62. The third-order valence-electron chi connectivity index (χ3n) is 5.12. The van der Waals surface area contributed by atoms with E-state index in [1.54, 1.807) is 7.05 Å². The maximum atomic E-state index is 12.1. The van der Waals surface area contributed by atoms with Crippen molar-refractivity contribution >= 4 is 16.0 Å². The van der Waals surface area contributed by atoms with Crippen molar-refractivity contribution in [3.8, 4) is 11.5 Å². The summed E-state index contributed by atoms with van der Waals surface area (Å²) in [5.74, 6) is 2.48. The Morgan fingerprint density at radius 2 is 1.90 bits per heavy atom. The lowest BCUT2D eigenvalue weighted by atomic mass is 9.86. The van der Waals surface area contributed by atoms with Crippen molar-refractivity contribution in [3.05, 3.63) is 23.8 Å². The van der Waals surface area contributed by atoms with Crippen LogP contribution in [0.2, 0.25) is 0 Å². The van der Waals surface area contributed by atoms with Gasteiger partial charge in [-0.25, -0.2) is 13.1 Å². The van der Waals surface area contributed by atoms with Gasteiger partial charge in [0.15, 0.2) is 17.5 Å². The number of benzene rings is 1. The average molecular weight is 441 g/mol. The van der Waals surface area contributed by atoms with Crippen LogP contribution in [0.15, 0.2) is 23.2 Å². The predicted octanol–water partition coefficient (Wildman–Crippen LogP) is 2.43. The van der Waals surface area contributed by atoms with Crippen LogP contribution in [0.25, 0.3) is 0 Å². The second kappa shape index (κ2) is 12.0. The average Bonchev–Trinajstić information content (AvgIpc) is 2.67. The lowest BCUT2D eigenvalue weighted by Gasteiger charge is -2.25. The van der Waals surface area contributed by atoms with E-state index in [4.69, 9.17) is 9.47 Å². The van der Waals surface area contributed by atoms with Crippen LogP contribution < -0.4 is 24.8 Å². The molecule has 0 radical (unpaired) electrons. The summed E-state index contributed by atoms with van der Waals surface area (Å²) in [6.07, 6.45) is 3.44. The molecule has 1 aromatic carbocycles. The highest BCUT2D eigenvalue weighted by molar-refractivity contribution is 7.89. The minimum Gasteiger partial charge on any atom is -0.490 e. The van der Waals surface area contributed by atoms with Gasteiger partial charge in [0.05, 0.1) is 25.0 Å². The summed E-state index contributed by atoms with van der Waals surface area (Å²) in [5.41, 5.74) is 1.01. The van der Waals surface area contributed by atoms with Gasteiger partial charge in [-0.2, -0.15) is 0 Å². The first-order chi connectivity index (χ1) is 14.4. The molecule has 1 fully saturated rings. The van der Waals surface area contributed by atoms with Gasteiger partial charge in [0.25, 0.3) is 0 Å². The number of nitrogens with zero attached hydrogens (tertiary/aromatic N) is 1. The second-order valence-electron chi connectivity index (χ2n) is 7.40. The first-order valence-electron chi connectivity index (χ1n) is 10.7. The fraction of sp³-hybridized carbons (Fsp3) is 0.667. The van der Waals surface area contributed by atoms with Gasteiger partial charge in [-0.3, -0.25) is 4.99 Å². The SMILES string of the molecule is CCOc1ccc(C(C)NC(=NC)NCCS(=O)(=O)NCC2CCC2)cc1OCC. The van der Waals surface area contributed by atoms with Crippen molar-refractivity contribution in [2.24, 2.45) is 10.9 Å². The molecule has 0 bridgehead atoms. The van der Waals surface area contributed by atoms with Crippen LogP contribution in [0.1, 0.15) is 51.6 Å². The molecule has 0 heterocycles.